The molecule has 0 aromatic carbocycles. The van der Waals surface area contributed by atoms with Gasteiger partial charge >= 0.3 is 0 Å². The molecule has 0 N–H and O–H groups in total. The number of piperazine rings is 1. The first-order valence-corrected chi connectivity index (χ1v) is 11.9. The van der Waals surface area contributed by atoms with Crippen LogP contribution in [0.5, 0.6) is 0 Å². The van der Waals surface area contributed by atoms with E-state index in [4.69, 9.17) is 0 Å². The molecular weight excluding hydrogens is 350 g/mol. The van der Waals surface area contributed by atoms with Crippen LogP contribution in [0.3, 0.4) is 0 Å². The monoisotopic (exact) mass is 389 g/mol. The molecule has 5 heteroatoms. The Bertz CT molecular complexity index is 538. The minimum atomic E-state index is 0.0552. The van der Waals surface area contributed by atoms with Crippen molar-refractivity contribution in [3.05, 3.63) is 0 Å². The molecule has 4 aliphatic rings. The highest BCUT2D eigenvalue weighted by molar-refractivity contribution is 5.82. The van der Waals surface area contributed by atoms with Crippen molar-refractivity contribution in [1.82, 2.24) is 14.7 Å². The second-order valence-corrected chi connectivity index (χ2v) is 9.84. The molecule has 2 heterocycles. The summed E-state index contributed by atoms with van der Waals surface area (Å²) >= 11 is 0. The predicted octanol–water partition coefficient (Wildman–Crippen LogP) is 3.14. The molecule has 0 aromatic rings. The number of rotatable bonds is 4. The van der Waals surface area contributed by atoms with Crippen molar-refractivity contribution < 1.29 is 9.59 Å². The van der Waals surface area contributed by atoms with E-state index in [2.05, 4.69) is 21.6 Å². The summed E-state index contributed by atoms with van der Waals surface area (Å²) in [5.74, 6) is 2.30. The average molecular weight is 390 g/mol. The molecule has 0 spiro atoms. The first-order valence-electron chi connectivity index (χ1n) is 11.9. The summed E-state index contributed by atoms with van der Waals surface area (Å²) in [4.78, 5) is 33.0. The van der Waals surface area contributed by atoms with E-state index in [1.807, 2.05) is 0 Å². The van der Waals surface area contributed by atoms with E-state index >= 15 is 0 Å². The second kappa shape index (κ2) is 9.15. The van der Waals surface area contributed by atoms with Gasteiger partial charge in [0.15, 0.2) is 0 Å². The fourth-order valence-electron chi connectivity index (χ4n) is 6.00. The second-order valence-electron chi connectivity index (χ2n) is 9.84. The number of likely N-dealkylation sites (tertiary alicyclic amines) is 1. The van der Waals surface area contributed by atoms with E-state index < -0.39 is 0 Å². The topological polar surface area (TPSA) is 43.9 Å². The first-order chi connectivity index (χ1) is 13.6. The van der Waals surface area contributed by atoms with Gasteiger partial charge in [0.25, 0.3) is 0 Å². The molecule has 2 aliphatic carbocycles. The summed E-state index contributed by atoms with van der Waals surface area (Å²) < 4.78 is 0. The number of piperidine rings is 1. The summed E-state index contributed by atoms with van der Waals surface area (Å²) in [5, 5.41) is 0. The van der Waals surface area contributed by atoms with E-state index in [0.717, 1.165) is 70.9 Å². The Kier molecular flexibility index (Phi) is 6.59. The Hall–Kier alpha value is -1.10. The highest BCUT2D eigenvalue weighted by Gasteiger charge is 2.40. The van der Waals surface area contributed by atoms with E-state index in [9.17, 15) is 9.59 Å². The molecule has 4 rings (SSSR count). The smallest absolute Gasteiger partial charge is 0.240 e. The fourth-order valence-corrected chi connectivity index (χ4v) is 6.00. The van der Waals surface area contributed by atoms with E-state index in [-0.39, 0.29) is 12.0 Å². The molecule has 0 radical (unpaired) electrons. The molecule has 2 saturated heterocycles. The lowest BCUT2D eigenvalue weighted by Crippen LogP contribution is -2.59. The molecule has 2 saturated carbocycles. The predicted molar refractivity (Wildman–Crippen MR) is 111 cm³/mol. The summed E-state index contributed by atoms with van der Waals surface area (Å²) in [6, 6.07) is 0.0552. The third kappa shape index (κ3) is 4.39. The van der Waals surface area contributed by atoms with E-state index in [1.165, 1.54) is 38.5 Å². The summed E-state index contributed by atoms with van der Waals surface area (Å²) in [7, 11) is 0. The molecule has 28 heavy (non-hydrogen) atoms. The van der Waals surface area contributed by atoms with Crippen molar-refractivity contribution in [3.63, 3.8) is 0 Å². The number of carbonyl (C=O) groups is 2. The number of hydrogen-bond donors (Lipinski definition) is 0. The lowest BCUT2D eigenvalue weighted by molar-refractivity contribution is -0.143. The van der Waals surface area contributed by atoms with Crippen molar-refractivity contribution in [3.8, 4) is 0 Å². The summed E-state index contributed by atoms with van der Waals surface area (Å²) in [6.07, 6.45) is 11.8. The number of hydrogen-bond acceptors (Lipinski definition) is 3. The van der Waals surface area contributed by atoms with Gasteiger partial charge in [0.05, 0.1) is 6.04 Å². The van der Waals surface area contributed by atoms with Gasteiger partial charge < -0.3 is 9.80 Å². The molecule has 0 bridgehead atoms. The highest BCUT2D eigenvalue weighted by Crippen LogP contribution is 2.33. The first kappa shape index (κ1) is 20.2. The van der Waals surface area contributed by atoms with Crippen molar-refractivity contribution in [1.29, 1.82) is 0 Å². The van der Waals surface area contributed by atoms with Crippen LogP contribution in [0.2, 0.25) is 0 Å². The van der Waals surface area contributed by atoms with Crippen LogP contribution in [0.4, 0.5) is 0 Å². The lowest BCUT2D eigenvalue weighted by Gasteiger charge is -2.43. The van der Waals surface area contributed by atoms with Crippen molar-refractivity contribution in [2.24, 2.45) is 17.8 Å². The largest absolute Gasteiger partial charge is 0.341 e. The number of carbonyl (C=O) groups excluding carboxylic acids is 2. The average Bonchev–Trinajstić information content (AvgIpc) is 3.43. The van der Waals surface area contributed by atoms with Crippen LogP contribution in [0.25, 0.3) is 0 Å². The third-order valence-corrected chi connectivity index (χ3v) is 7.92. The van der Waals surface area contributed by atoms with Crippen molar-refractivity contribution >= 4 is 11.8 Å². The van der Waals surface area contributed by atoms with Gasteiger partial charge in [0.1, 0.15) is 0 Å². The zero-order chi connectivity index (χ0) is 19.5. The maximum Gasteiger partial charge on any atom is 0.240 e. The summed E-state index contributed by atoms with van der Waals surface area (Å²) in [5.41, 5.74) is 0. The van der Waals surface area contributed by atoms with Gasteiger partial charge in [0, 0.05) is 45.2 Å². The number of amides is 2. The molecule has 2 aliphatic heterocycles. The standard InChI is InChI=1S/C23H39N3O2/c1-18-10-12-25(13-11-18)23(28)21(19-6-2-3-7-19)24-14-16-26(17-15-24)22(27)20-8-4-5-9-20/h18-21H,2-17H2,1H3. The minimum Gasteiger partial charge on any atom is -0.341 e. The van der Waals surface area contributed by atoms with Gasteiger partial charge in [-0.2, -0.15) is 0 Å². The molecule has 158 valence electrons. The minimum absolute atomic E-state index is 0.0552. The van der Waals surface area contributed by atoms with Gasteiger partial charge in [-0.3, -0.25) is 14.5 Å². The normalized spacial score (nSPS) is 27.5. The molecule has 2 amide bonds. The van der Waals surface area contributed by atoms with E-state index in [1.54, 1.807) is 0 Å². The molecule has 4 fully saturated rings. The van der Waals surface area contributed by atoms with E-state index in [0.29, 0.717) is 17.7 Å². The Morgan fingerprint density at radius 3 is 1.89 bits per heavy atom. The van der Waals surface area contributed by atoms with Crippen LogP contribution in [0.1, 0.15) is 71.1 Å². The lowest BCUT2D eigenvalue weighted by atomic mass is 9.92. The van der Waals surface area contributed by atoms with Gasteiger partial charge in [-0.15, -0.1) is 0 Å². The Balaban J connectivity index is 1.38. The molecule has 1 unspecified atom stereocenters. The maximum atomic E-state index is 13.5. The highest BCUT2D eigenvalue weighted by atomic mass is 16.2. The molecule has 0 aromatic heterocycles. The van der Waals surface area contributed by atoms with Gasteiger partial charge in [-0.25, -0.2) is 0 Å². The van der Waals surface area contributed by atoms with Crippen LogP contribution in [0.15, 0.2) is 0 Å². The Morgan fingerprint density at radius 1 is 0.714 bits per heavy atom. The van der Waals surface area contributed by atoms with Crippen LogP contribution < -0.4 is 0 Å². The fraction of sp³-hybridized carbons (Fsp3) is 0.913. The van der Waals surface area contributed by atoms with Gasteiger partial charge in [-0.05, 0) is 50.4 Å². The van der Waals surface area contributed by atoms with Gasteiger partial charge in [-0.1, -0.05) is 32.6 Å². The zero-order valence-corrected chi connectivity index (χ0v) is 17.8. The SMILES string of the molecule is CC1CCN(C(=O)C(C2CCCC2)N2CCN(C(=O)C3CCCC3)CC2)CC1. The third-order valence-electron chi connectivity index (χ3n) is 7.92. The van der Waals surface area contributed by atoms with Crippen LogP contribution in [0, 0.1) is 17.8 Å². The molecular formula is C23H39N3O2. The van der Waals surface area contributed by atoms with Gasteiger partial charge in [0.2, 0.25) is 11.8 Å². The van der Waals surface area contributed by atoms with Crippen molar-refractivity contribution in [2.45, 2.75) is 77.2 Å². The Morgan fingerprint density at radius 2 is 1.29 bits per heavy atom. The van der Waals surface area contributed by atoms with Crippen LogP contribution in [-0.2, 0) is 9.59 Å². The summed E-state index contributed by atoms with van der Waals surface area (Å²) in [6.45, 7) is 7.53. The molecule has 5 nitrogen and oxygen atoms in total. The number of nitrogens with zero attached hydrogens (tertiary/aromatic N) is 3. The van der Waals surface area contributed by atoms with Crippen LogP contribution >= 0.6 is 0 Å². The zero-order valence-electron chi connectivity index (χ0n) is 17.8. The Labute approximate surface area is 170 Å². The molecule has 1 atom stereocenters. The van der Waals surface area contributed by atoms with Crippen molar-refractivity contribution in [2.75, 3.05) is 39.3 Å². The quantitative estimate of drug-likeness (QED) is 0.742. The van der Waals surface area contributed by atoms with Crippen LogP contribution in [-0.4, -0.2) is 71.8 Å². The maximum absolute atomic E-state index is 13.5.